The summed E-state index contributed by atoms with van der Waals surface area (Å²) in [5.74, 6) is 1.24. The lowest BCUT2D eigenvalue weighted by Crippen LogP contribution is -2.40. The van der Waals surface area contributed by atoms with Gasteiger partial charge in [0.25, 0.3) is 0 Å². The Morgan fingerprint density at radius 1 is 1.27 bits per heavy atom. The maximum absolute atomic E-state index is 5.52. The van der Waals surface area contributed by atoms with Crippen LogP contribution >= 0.6 is 0 Å². The molecule has 1 saturated carbocycles. The molecule has 0 bridgehead atoms. The second-order valence-electron chi connectivity index (χ2n) is 4.63. The van der Waals surface area contributed by atoms with Gasteiger partial charge in [-0.2, -0.15) is 0 Å². The van der Waals surface area contributed by atoms with E-state index in [-0.39, 0.29) is 12.6 Å². The number of benzene rings is 1. The van der Waals surface area contributed by atoms with E-state index in [9.17, 15) is 0 Å². The van der Waals surface area contributed by atoms with E-state index in [0.29, 0.717) is 11.8 Å². The molecule has 15 heavy (non-hydrogen) atoms. The monoisotopic (exact) mass is 204 g/mol. The fourth-order valence-electron chi connectivity index (χ4n) is 2.39. The Morgan fingerprint density at radius 3 is 2.73 bits per heavy atom. The predicted molar refractivity (Wildman–Crippen MR) is 57.4 cm³/mol. The minimum atomic E-state index is 0.00811. The second-order valence-corrected chi connectivity index (χ2v) is 4.63. The molecule has 2 unspecified atom stereocenters. The second kappa shape index (κ2) is 3.32. The summed E-state index contributed by atoms with van der Waals surface area (Å²) in [5, 5.41) is 0. The first-order chi connectivity index (χ1) is 7.24. The molecule has 3 rings (SSSR count). The Labute approximate surface area is 90.2 Å². The normalized spacial score (nSPS) is 38.5. The summed E-state index contributed by atoms with van der Waals surface area (Å²) in [6.45, 7) is 4.08. The summed E-state index contributed by atoms with van der Waals surface area (Å²) in [6, 6.07) is 8.75. The van der Waals surface area contributed by atoms with Crippen molar-refractivity contribution in [1.82, 2.24) is 0 Å². The number of hydrogen-bond acceptors (Lipinski definition) is 2. The summed E-state index contributed by atoms with van der Waals surface area (Å²) in [6.07, 6.45) is 1.28. The Balaban J connectivity index is 1.66. The van der Waals surface area contributed by atoms with E-state index in [1.165, 1.54) is 17.5 Å². The first kappa shape index (κ1) is 9.37. The van der Waals surface area contributed by atoms with Crippen LogP contribution in [0.4, 0.5) is 0 Å². The van der Waals surface area contributed by atoms with Crippen molar-refractivity contribution in [1.29, 1.82) is 0 Å². The van der Waals surface area contributed by atoms with Crippen LogP contribution in [-0.4, -0.2) is 12.6 Å². The first-order valence-corrected chi connectivity index (χ1v) is 5.61. The molecule has 0 aromatic heterocycles. The third-order valence-corrected chi connectivity index (χ3v) is 3.31. The first-order valence-electron chi connectivity index (χ1n) is 5.61. The summed E-state index contributed by atoms with van der Waals surface area (Å²) in [5.41, 5.74) is 2.77. The lowest BCUT2D eigenvalue weighted by molar-refractivity contribution is -0.383. The zero-order valence-electron chi connectivity index (χ0n) is 9.14. The van der Waals surface area contributed by atoms with E-state index in [0.717, 1.165) is 0 Å². The molecule has 2 heteroatoms. The maximum Gasteiger partial charge on any atom is 0.167 e. The molecule has 1 aliphatic heterocycles. The molecule has 2 fully saturated rings. The van der Waals surface area contributed by atoms with Gasteiger partial charge in [0.15, 0.2) is 12.6 Å². The topological polar surface area (TPSA) is 18.5 Å². The molecule has 1 aliphatic carbocycles. The Hall–Kier alpha value is -0.860. The van der Waals surface area contributed by atoms with Gasteiger partial charge < -0.3 is 9.47 Å². The molecule has 1 aromatic carbocycles. The van der Waals surface area contributed by atoms with Crippen LogP contribution in [0, 0.1) is 12.8 Å². The lowest BCUT2D eigenvalue weighted by atomic mass is 10.1. The molecule has 2 nitrogen and oxygen atoms in total. The molecule has 0 spiro atoms. The maximum atomic E-state index is 5.52. The average molecular weight is 204 g/mol. The van der Waals surface area contributed by atoms with Gasteiger partial charge in [0.05, 0.1) is 0 Å². The smallest absolute Gasteiger partial charge is 0.167 e. The molecule has 1 aromatic rings. The molecular weight excluding hydrogens is 188 g/mol. The summed E-state index contributed by atoms with van der Waals surface area (Å²) in [4.78, 5) is 0. The number of aryl methyl sites for hydroxylation is 1. The highest BCUT2D eigenvalue weighted by Gasteiger charge is 2.49. The average Bonchev–Trinajstić information content (AvgIpc) is 2.92. The van der Waals surface area contributed by atoms with Crippen LogP contribution in [0.5, 0.6) is 0 Å². The van der Waals surface area contributed by atoms with Gasteiger partial charge in [0, 0.05) is 5.92 Å². The van der Waals surface area contributed by atoms with Crippen LogP contribution < -0.4 is 0 Å². The molecule has 2 aliphatic rings. The van der Waals surface area contributed by atoms with Gasteiger partial charge in [-0.1, -0.05) is 29.8 Å². The fraction of sp³-hybridized carbons (Fsp3) is 0.538. The summed E-state index contributed by atoms with van der Waals surface area (Å²) in [7, 11) is 0. The molecule has 1 heterocycles. The minimum absolute atomic E-state index is 0.00811. The highest BCUT2D eigenvalue weighted by molar-refractivity contribution is 5.30. The van der Waals surface area contributed by atoms with E-state index in [1.54, 1.807) is 0 Å². The van der Waals surface area contributed by atoms with Crippen molar-refractivity contribution in [2.75, 3.05) is 0 Å². The van der Waals surface area contributed by atoms with Gasteiger partial charge in [-0.3, -0.25) is 0 Å². The molecule has 1 saturated heterocycles. The number of ether oxygens (including phenoxy) is 2. The summed E-state index contributed by atoms with van der Waals surface area (Å²) < 4.78 is 11.0. The SMILES string of the molecule is Cc1cccc(C2CC2C2OC(C)O2)c1. The Kier molecular flexibility index (Phi) is 2.08. The Morgan fingerprint density at radius 2 is 2.07 bits per heavy atom. The third-order valence-electron chi connectivity index (χ3n) is 3.31. The van der Waals surface area contributed by atoms with Gasteiger partial charge >= 0.3 is 0 Å². The van der Waals surface area contributed by atoms with Crippen molar-refractivity contribution < 1.29 is 9.47 Å². The van der Waals surface area contributed by atoms with Crippen molar-refractivity contribution in [2.45, 2.75) is 38.8 Å². The fourth-order valence-corrected chi connectivity index (χ4v) is 2.39. The highest BCUT2D eigenvalue weighted by Crippen LogP contribution is 2.52. The van der Waals surface area contributed by atoms with Gasteiger partial charge in [-0.05, 0) is 31.7 Å². The van der Waals surface area contributed by atoms with Crippen LogP contribution in [0.1, 0.15) is 30.4 Å². The standard InChI is InChI=1S/C13H16O2/c1-8-4-3-5-10(6-8)11-7-12(11)13-14-9(2)15-13/h3-6,9,11-13H,7H2,1-2H3. The van der Waals surface area contributed by atoms with Crippen LogP contribution in [0.2, 0.25) is 0 Å². The van der Waals surface area contributed by atoms with E-state index >= 15 is 0 Å². The van der Waals surface area contributed by atoms with Crippen LogP contribution in [0.15, 0.2) is 24.3 Å². The highest BCUT2D eigenvalue weighted by atomic mass is 16.9. The van der Waals surface area contributed by atoms with Crippen molar-refractivity contribution in [3.8, 4) is 0 Å². The van der Waals surface area contributed by atoms with Crippen LogP contribution in [0.25, 0.3) is 0 Å². The molecule has 0 N–H and O–H groups in total. The van der Waals surface area contributed by atoms with Gasteiger partial charge in [0.2, 0.25) is 0 Å². The van der Waals surface area contributed by atoms with E-state index < -0.39 is 0 Å². The lowest BCUT2D eigenvalue weighted by Gasteiger charge is -2.34. The van der Waals surface area contributed by atoms with Crippen molar-refractivity contribution in [3.05, 3.63) is 35.4 Å². The van der Waals surface area contributed by atoms with E-state index in [1.807, 2.05) is 6.92 Å². The number of hydrogen-bond donors (Lipinski definition) is 0. The Bertz CT molecular complexity index is 369. The largest absolute Gasteiger partial charge is 0.324 e. The predicted octanol–water partition coefficient (Wildman–Crippen LogP) is 2.82. The van der Waals surface area contributed by atoms with Crippen molar-refractivity contribution >= 4 is 0 Å². The zero-order valence-corrected chi connectivity index (χ0v) is 9.14. The summed E-state index contributed by atoms with van der Waals surface area (Å²) >= 11 is 0. The van der Waals surface area contributed by atoms with Crippen molar-refractivity contribution in [3.63, 3.8) is 0 Å². The molecule has 2 atom stereocenters. The van der Waals surface area contributed by atoms with E-state index in [4.69, 9.17) is 9.47 Å². The molecule has 0 radical (unpaired) electrons. The van der Waals surface area contributed by atoms with Crippen LogP contribution in [-0.2, 0) is 9.47 Å². The minimum Gasteiger partial charge on any atom is -0.324 e. The van der Waals surface area contributed by atoms with Crippen LogP contribution in [0.3, 0.4) is 0 Å². The van der Waals surface area contributed by atoms with Gasteiger partial charge in [0.1, 0.15) is 0 Å². The molecule has 80 valence electrons. The quantitative estimate of drug-likeness (QED) is 0.737. The molecular formula is C13H16O2. The van der Waals surface area contributed by atoms with Gasteiger partial charge in [-0.25, -0.2) is 0 Å². The zero-order chi connectivity index (χ0) is 10.4. The van der Waals surface area contributed by atoms with Crippen molar-refractivity contribution in [2.24, 2.45) is 5.92 Å². The number of rotatable bonds is 2. The molecule has 0 amide bonds. The van der Waals surface area contributed by atoms with Gasteiger partial charge in [-0.15, -0.1) is 0 Å². The third kappa shape index (κ3) is 1.68. The van der Waals surface area contributed by atoms with E-state index in [2.05, 4.69) is 31.2 Å².